The summed E-state index contributed by atoms with van der Waals surface area (Å²) in [5, 5.41) is 0. The molecule has 0 amide bonds. The maximum atomic E-state index is 4.64. The second kappa shape index (κ2) is 8.41. The molecule has 5 aromatic rings. The van der Waals surface area contributed by atoms with Gasteiger partial charge in [-0.05, 0) is 58.5 Å². The number of pyridine rings is 1. The van der Waals surface area contributed by atoms with Crippen molar-refractivity contribution < 1.29 is 0 Å². The Morgan fingerprint density at radius 3 is 1.65 bits per heavy atom. The van der Waals surface area contributed by atoms with E-state index in [1.807, 2.05) is 12.3 Å². The van der Waals surface area contributed by atoms with Crippen LogP contribution in [-0.2, 0) is 0 Å². The van der Waals surface area contributed by atoms with Crippen molar-refractivity contribution in [3.05, 3.63) is 127 Å². The minimum atomic E-state index is 0.984. The first kappa shape index (κ1) is 19.0. The normalized spacial score (nSPS) is 10.7. The van der Waals surface area contributed by atoms with E-state index >= 15 is 0 Å². The lowest BCUT2D eigenvalue weighted by molar-refractivity contribution is 1.33. The van der Waals surface area contributed by atoms with Crippen LogP contribution >= 0.6 is 0 Å². The molecule has 0 radical (unpaired) electrons. The third kappa shape index (κ3) is 4.17. The molecule has 1 nitrogen and oxygen atoms in total. The zero-order chi connectivity index (χ0) is 21.0. The molecule has 0 fully saturated rings. The van der Waals surface area contributed by atoms with Crippen LogP contribution in [-0.4, -0.2) is 4.98 Å². The Morgan fingerprint density at radius 1 is 0.419 bits per heavy atom. The number of nitrogens with zero attached hydrogens (tertiary/aromatic N) is 1. The van der Waals surface area contributed by atoms with E-state index in [2.05, 4.69) is 121 Å². The Labute approximate surface area is 183 Å². The number of hydrogen-bond donors (Lipinski definition) is 0. The van der Waals surface area contributed by atoms with Crippen LogP contribution in [0.2, 0.25) is 0 Å². The summed E-state index contributed by atoms with van der Waals surface area (Å²) in [5.74, 6) is 0. The molecule has 0 atom stereocenters. The Morgan fingerprint density at radius 2 is 0.935 bits per heavy atom. The van der Waals surface area contributed by atoms with Gasteiger partial charge in [-0.1, -0.05) is 103 Å². The van der Waals surface area contributed by atoms with Crippen molar-refractivity contribution in [2.75, 3.05) is 0 Å². The van der Waals surface area contributed by atoms with Gasteiger partial charge in [-0.15, -0.1) is 0 Å². The van der Waals surface area contributed by atoms with Crippen LogP contribution in [0.4, 0.5) is 0 Å². The van der Waals surface area contributed by atoms with E-state index in [-0.39, 0.29) is 0 Å². The van der Waals surface area contributed by atoms with Gasteiger partial charge in [0.15, 0.2) is 0 Å². The van der Waals surface area contributed by atoms with Crippen LogP contribution in [0.15, 0.2) is 121 Å². The van der Waals surface area contributed by atoms with Gasteiger partial charge in [0, 0.05) is 11.8 Å². The molecule has 0 aliphatic rings. The maximum absolute atomic E-state index is 4.64. The van der Waals surface area contributed by atoms with E-state index in [1.165, 1.54) is 38.9 Å². The Bertz CT molecular complexity index is 1300. The molecule has 0 aliphatic heterocycles. The van der Waals surface area contributed by atoms with Crippen LogP contribution in [0.1, 0.15) is 5.56 Å². The molecule has 0 saturated carbocycles. The van der Waals surface area contributed by atoms with Gasteiger partial charge in [0.25, 0.3) is 0 Å². The second-order valence-electron chi connectivity index (χ2n) is 7.82. The van der Waals surface area contributed by atoms with E-state index in [0.717, 1.165) is 11.3 Å². The summed E-state index contributed by atoms with van der Waals surface area (Å²) >= 11 is 0. The first-order valence-electron chi connectivity index (χ1n) is 10.6. The van der Waals surface area contributed by atoms with Gasteiger partial charge in [-0.2, -0.15) is 0 Å². The number of benzene rings is 4. The molecule has 0 bridgehead atoms. The average Bonchev–Trinajstić information content (AvgIpc) is 2.85. The summed E-state index contributed by atoms with van der Waals surface area (Å²) in [5.41, 5.74) is 10.6. The van der Waals surface area contributed by atoms with Crippen molar-refractivity contribution in [1.29, 1.82) is 0 Å². The molecule has 148 valence electrons. The fourth-order valence-electron chi connectivity index (χ4n) is 3.86. The van der Waals surface area contributed by atoms with E-state index in [0.29, 0.717) is 0 Å². The minimum absolute atomic E-state index is 0.984. The third-order valence-electron chi connectivity index (χ3n) is 5.63. The standard InChI is InChI=1S/C30H23N/c1-22-10-12-24(13-11-22)25-14-16-26(17-15-25)28-18-19-31-30(21-28)29-9-5-8-27(20-29)23-6-3-2-4-7-23/h2-21H,1H3. The highest BCUT2D eigenvalue weighted by molar-refractivity contribution is 5.76. The molecule has 1 heteroatoms. The quantitative estimate of drug-likeness (QED) is 0.299. The molecule has 0 N–H and O–H groups in total. The van der Waals surface area contributed by atoms with E-state index in [1.54, 1.807) is 0 Å². The molecular weight excluding hydrogens is 374 g/mol. The Kier molecular flexibility index (Phi) is 5.16. The fourth-order valence-corrected chi connectivity index (χ4v) is 3.86. The lowest BCUT2D eigenvalue weighted by atomic mass is 9.98. The van der Waals surface area contributed by atoms with Crippen molar-refractivity contribution in [3.8, 4) is 44.6 Å². The average molecular weight is 398 g/mol. The number of hydrogen-bond acceptors (Lipinski definition) is 1. The van der Waals surface area contributed by atoms with Gasteiger partial charge in [0.2, 0.25) is 0 Å². The Balaban J connectivity index is 1.45. The van der Waals surface area contributed by atoms with Crippen molar-refractivity contribution in [3.63, 3.8) is 0 Å². The van der Waals surface area contributed by atoms with Crippen LogP contribution in [0, 0.1) is 6.92 Å². The largest absolute Gasteiger partial charge is 0.256 e. The predicted molar refractivity (Wildman–Crippen MR) is 131 cm³/mol. The summed E-state index contributed by atoms with van der Waals surface area (Å²) < 4.78 is 0. The molecule has 0 unspecified atom stereocenters. The number of rotatable bonds is 4. The van der Waals surface area contributed by atoms with Gasteiger partial charge < -0.3 is 0 Å². The highest BCUT2D eigenvalue weighted by Gasteiger charge is 2.06. The molecule has 4 aromatic carbocycles. The van der Waals surface area contributed by atoms with E-state index in [4.69, 9.17) is 0 Å². The van der Waals surface area contributed by atoms with Gasteiger partial charge in [-0.25, -0.2) is 0 Å². The third-order valence-corrected chi connectivity index (χ3v) is 5.63. The summed E-state index contributed by atoms with van der Waals surface area (Å²) in [4.78, 5) is 4.64. The van der Waals surface area contributed by atoms with Crippen molar-refractivity contribution in [2.24, 2.45) is 0 Å². The predicted octanol–water partition coefficient (Wildman–Crippen LogP) is 8.06. The molecular formula is C30H23N. The summed E-state index contributed by atoms with van der Waals surface area (Å²) in [7, 11) is 0. The van der Waals surface area contributed by atoms with Gasteiger partial charge in [-0.3, -0.25) is 4.98 Å². The summed E-state index contributed by atoms with van der Waals surface area (Å²) in [6.07, 6.45) is 1.90. The lowest BCUT2D eigenvalue weighted by Gasteiger charge is -2.09. The van der Waals surface area contributed by atoms with Crippen LogP contribution in [0.25, 0.3) is 44.6 Å². The zero-order valence-corrected chi connectivity index (χ0v) is 17.5. The smallest absolute Gasteiger partial charge is 0.0708 e. The van der Waals surface area contributed by atoms with Crippen molar-refractivity contribution >= 4 is 0 Å². The van der Waals surface area contributed by atoms with Crippen LogP contribution in [0.3, 0.4) is 0 Å². The SMILES string of the molecule is Cc1ccc(-c2ccc(-c3ccnc(-c4cccc(-c5ccccc5)c4)c3)cc2)cc1. The Hall–Kier alpha value is -3.97. The summed E-state index contributed by atoms with van der Waals surface area (Å²) in [6, 6.07) is 40.7. The van der Waals surface area contributed by atoms with Gasteiger partial charge in [0.05, 0.1) is 5.69 Å². The van der Waals surface area contributed by atoms with Crippen molar-refractivity contribution in [1.82, 2.24) is 4.98 Å². The second-order valence-corrected chi connectivity index (χ2v) is 7.82. The van der Waals surface area contributed by atoms with Gasteiger partial charge >= 0.3 is 0 Å². The maximum Gasteiger partial charge on any atom is 0.0708 e. The number of aryl methyl sites for hydroxylation is 1. The molecule has 1 heterocycles. The minimum Gasteiger partial charge on any atom is -0.256 e. The molecule has 5 rings (SSSR count). The first-order valence-corrected chi connectivity index (χ1v) is 10.6. The zero-order valence-electron chi connectivity index (χ0n) is 17.5. The first-order chi connectivity index (χ1) is 15.3. The highest BCUT2D eigenvalue weighted by Crippen LogP contribution is 2.29. The van der Waals surface area contributed by atoms with Crippen LogP contribution in [0.5, 0.6) is 0 Å². The van der Waals surface area contributed by atoms with E-state index < -0.39 is 0 Å². The fraction of sp³-hybridized carbons (Fsp3) is 0.0333. The highest BCUT2D eigenvalue weighted by atomic mass is 14.7. The van der Waals surface area contributed by atoms with Crippen LogP contribution < -0.4 is 0 Å². The van der Waals surface area contributed by atoms with Crippen molar-refractivity contribution in [2.45, 2.75) is 6.92 Å². The van der Waals surface area contributed by atoms with E-state index in [9.17, 15) is 0 Å². The topological polar surface area (TPSA) is 12.9 Å². The molecule has 0 spiro atoms. The molecule has 0 saturated heterocycles. The molecule has 0 aliphatic carbocycles. The van der Waals surface area contributed by atoms with Gasteiger partial charge in [0.1, 0.15) is 0 Å². The monoisotopic (exact) mass is 397 g/mol. The summed E-state index contributed by atoms with van der Waals surface area (Å²) in [6.45, 7) is 2.11. The number of aromatic nitrogens is 1. The molecule has 31 heavy (non-hydrogen) atoms. The lowest BCUT2D eigenvalue weighted by Crippen LogP contribution is -1.87. The molecule has 1 aromatic heterocycles.